The van der Waals surface area contributed by atoms with Gasteiger partial charge in [0, 0.05) is 13.0 Å². The van der Waals surface area contributed by atoms with Gasteiger partial charge in [-0.2, -0.15) is 5.26 Å². The van der Waals surface area contributed by atoms with Gasteiger partial charge in [-0.3, -0.25) is 0 Å². The number of hydrogen-bond donors (Lipinski definition) is 0. The van der Waals surface area contributed by atoms with Crippen LogP contribution in [0.25, 0.3) is 0 Å². The van der Waals surface area contributed by atoms with Crippen molar-refractivity contribution in [1.82, 2.24) is 0 Å². The molecule has 15 heavy (non-hydrogen) atoms. The third-order valence-electron chi connectivity index (χ3n) is 2.36. The molecule has 0 aliphatic carbocycles. The van der Waals surface area contributed by atoms with E-state index in [0.717, 1.165) is 6.42 Å². The van der Waals surface area contributed by atoms with Gasteiger partial charge in [-0.1, -0.05) is 30.3 Å². The van der Waals surface area contributed by atoms with Crippen LogP contribution in [0.3, 0.4) is 0 Å². The Morgan fingerprint density at radius 2 is 1.93 bits per heavy atom. The van der Waals surface area contributed by atoms with E-state index in [4.69, 9.17) is 10.00 Å². The van der Waals surface area contributed by atoms with E-state index < -0.39 is 0 Å². The fraction of sp³-hybridized carbons (Fsp3) is 0.462. The number of nitriles is 1. The highest BCUT2D eigenvalue weighted by atomic mass is 16.5. The first-order valence-electron chi connectivity index (χ1n) is 5.23. The lowest BCUT2D eigenvalue weighted by molar-refractivity contribution is -0.0223. The fourth-order valence-corrected chi connectivity index (χ4v) is 1.40. The summed E-state index contributed by atoms with van der Waals surface area (Å²) in [5.41, 5.74) is 0.901. The van der Waals surface area contributed by atoms with Gasteiger partial charge in [0.15, 0.2) is 0 Å². The Morgan fingerprint density at radius 1 is 1.27 bits per heavy atom. The van der Waals surface area contributed by atoms with E-state index in [9.17, 15) is 0 Å². The minimum absolute atomic E-state index is 0.267. The Morgan fingerprint density at radius 3 is 2.53 bits per heavy atom. The standard InChI is InChI=1S/C13H17NO/c1-13(2,15-11-7-6-10-14)12-8-4-3-5-9-12/h3-5,8-9H,6-7,11H2,1-2H3. The van der Waals surface area contributed by atoms with Crippen molar-refractivity contribution in [1.29, 1.82) is 5.26 Å². The van der Waals surface area contributed by atoms with Crippen LogP contribution in [0.5, 0.6) is 0 Å². The van der Waals surface area contributed by atoms with Crippen molar-refractivity contribution in [3.63, 3.8) is 0 Å². The van der Waals surface area contributed by atoms with E-state index >= 15 is 0 Å². The number of ether oxygens (including phenoxy) is 1. The van der Waals surface area contributed by atoms with E-state index in [1.807, 2.05) is 18.2 Å². The number of hydrogen-bond acceptors (Lipinski definition) is 2. The summed E-state index contributed by atoms with van der Waals surface area (Å²) in [6.07, 6.45) is 1.36. The molecule has 0 aliphatic rings. The van der Waals surface area contributed by atoms with Crippen LogP contribution in [-0.2, 0) is 10.3 Å². The summed E-state index contributed by atoms with van der Waals surface area (Å²) in [6, 6.07) is 12.2. The lowest BCUT2D eigenvalue weighted by Gasteiger charge is -2.25. The summed E-state index contributed by atoms with van der Waals surface area (Å²) in [7, 11) is 0. The van der Waals surface area contributed by atoms with E-state index in [1.54, 1.807) is 0 Å². The number of benzene rings is 1. The van der Waals surface area contributed by atoms with Crippen LogP contribution in [0.15, 0.2) is 30.3 Å². The van der Waals surface area contributed by atoms with E-state index in [0.29, 0.717) is 13.0 Å². The molecule has 0 bridgehead atoms. The Bertz CT molecular complexity index is 324. The average Bonchev–Trinajstić information content (AvgIpc) is 2.26. The zero-order valence-electron chi connectivity index (χ0n) is 9.36. The summed E-state index contributed by atoms with van der Waals surface area (Å²) >= 11 is 0. The molecule has 0 aliphatic heterocycles. The summed E-state index contributed by atoms with van der Waals surface area (Å²) < 4.78 is 5.77. The maximum atomic E-state index is 8.41. The van der Waals surface area contributed by atoms with E-state index in [2.05, 4.69) is 32.0 Å². The topological polar surface area (TPSA) is 33.0 Å². The second-order valence-electron chi connectivity index (χ2n) is 3.99. The molecular formula is C13H17NO. The Kier molecular flexibility index (Phi) is 4.33. The fourth-order valence-electron chi connectivity index (χ4n) is 1.40. The van der Waals surface area contributed by atoms with Crippen LogP contribution in [-0.4, -0.2) is 6.61 Å². The predicted molar refractivity (Wildman–Crippen MR) is 60.3 cm³/mol. The quantitative estimate of drug-likeness (QED) is 0.688. The van der Waals surface area contributed by atoms with Crippen LogP contribution in [0.2, 0.25) is 0 Å². The van der Waals surface area contributed by atoms with E-state index in [-0.39, 0.29) is 5.60 Å². The largest absolute Gasteiger partial charge is 0.371 e. The Hall–Kier alpha value is -1.33. The maximum Gasteiger partial charge on any atom is 0.0875 e. The number of nitrogens with zero attached hydrogens (tertiary/aromatic N) is 1. The van der Waals surface area contributed by atoms with Gasteiger partial charge >= 0.3 is 0 Å². The predicted octanol–water partition coefficient (Wildman–Crippen LogP) is 3.24. The van der Waals surface area contributed by atoms with Crippen LogP contribution in [0.4, 0.5) is 0 Å². The average molecular weight is 203 g/mol. The zero-order valence-corrected chi connectivity index (χ0v) is 9.36. The summed E-state index contributed by atoms with van der Waals surface area (Å²) in [6.45, 7) is 4.73. The van der Waals surface area contributed by atoms with Crippen LogP contribution in [0, 0.1) is 11.3 Å². The van der Waals surface area contributed by atoms with Gasteiger partial charge in [0.1, 0.15) is 0 Å². The van der Waals surface area contributed by atoms with Crippen molar-refractivity contribution < 1.29 is 4.74 Å². The third-order valence-corrected chi connectivity index (χ3v) is 2.36. The lowest BCUT2D eigenvalue weighted by Crippen LogP contribution is -2.22. The molecule has 0 aromatic heterocycles. The Balaban J connectivity index is 2.49. The molecule has 2 nitrogen and oxygen atoms in total. The summed E-state index contributed by atoms with van der Waals surface area (Å²) in [5, 5.41) is 8.41. The second kappa shape index (κ2) is 5.53. The highest BCUT2D eigenvalue weighted by Gasteiger charge is 2.20. The molecule has 0 saturated heterocycles. The van der Waals surface area contributed by atoms with Crippen molar-refractivity contribution in [3.8, 4) is 6.07 Å². The van der Waals surface area contributed by atoms with Gasteiger partial charge in [0.2, 0.25) is 0 Å². The molecule has 1 aromatic carbocycles. The molecule has 0 heterocycles. The van der Waals surface area contributed by atoms with Gasteiger partial charge in [-0.05, 0) is 25.8 Å². The van der Waals surface area contributed by atoms with Gasteiger partial charge in [0.25, 0.3) is 0 Å². The van der Waals surface area contributed by atoms with Crippen LogP contribution >= 0.6 is 0 Å². The number of rotatable bonds is 5. The summed E-state index contributed by atoms with van der Waals surface area (Å²) in [5.74, 6) is 0. The molecule has 2 heteroatoms. The third kappa shape index (κ3) is 3.73. The molecule has 1 aromatic rings. The van der Waals surface area contributed by atoms with Gasteiger partial charge in [-0.25, -0.2) is 0 Å². The molecule has 0 fully saturated rings. The number of unbranched alkanes of at least 4 members (excludes halogenated alkanes) is 1. The first kappa shape index (κ1) is 11.7. The zero-order chi connectivity index (χ0) is 11.1. The first-order valence-corrected chi connectivity index (χ1v) is 5.23. The van der Waals surface area contributed by atoms with Crippen LogP contribution in [0.1, 0.15) is 32.3 Å². The molecular weight excluding hydrogens is 186 g/mol. The van der Waals surface area contributed by atoms with Crippen molar-refractivity contribution in [3.05, 3.63) is 35.9 Å². The van der Waals surface area contributed by atoms with Crippen molar-refractivity contribution >= 4 is 0 Å². The highest BCUT2D eigenvalue weighted by Crippen LogP contribution is 2.24. The van der Waals surface area contributed by atoms with Crippen molar-refractivity contribution in [2.24, 2.45) is 0 Å². The molecule has 0 spiro atoms. The van der Waals surface area contributed by atoms with Gasteiger partial charge in [-0.15, -0.1) is 0 Å². The van der Waals surface area contributed by atoms with Gasteiger partial charge < -0.3 is 4.74 Å². The lowest BCUT2D eigenvalue weighted by atomic mass is 9.98. The maximum absolute atomic E-state index is 8.41. The first-order chi connectivity index (χ1) is 7.17. The monoisotopic (exact) mass is 203 g/mol. The molecule has 0 N–H and O–H groups in total. The van der Waals surface area contributed by atoms with Gasteiger partial charge in [0.05, 0.1) is 11.7 Å². The molecule has 0 atom stereocenters. The van der Waals surface area contributed by atoms with Crippen molar-refractivity contribution in [2.45, 2.75) is 32.3 Å². The summed E-state index contributed by atoms with van der Waals surface area (Å²) in [4.78, 5) is 0. The minimum Gasteiger partial charge on any atom is -0.371 e. The molecule has 0 amide bonds. The Labute approximate surface area is 91.5 Å². The molecule has 0 radical (unpaired) electrons. The van der Waals surface area contributed by atoms with Crippen LogP contribution < -0.4 is 0 Å². The molecule has 1 rings (SSSR count). The molecule has 80 valence electrons. The smallest absolute Gasteiger partial charge is 0.0875 e. The molecule has 0 unspecified atom stereocenters. The molecule has 0 saturated carbocycles. The van der Waals surface area contributed by atoms with Crippen molar-refractivity contribution in [2.75, 3.05) is 6.61 Å². The highest BCUT2D eigenvalue weighted by molar-refractivity contribution is 5.20. The normalized spacial score (nSPS) is 11.0. The SMILES string of the molecule is CC(C)(OCCCC#N)c1ccccc1. The second-order valence-corrected chi connectivity index (χ2v) is 3.99. The minimum atomic E-state index is -0.267. The van der Waals surface area contributed by atoms with E-state index in [1.165, 1.54) is 5.56 Å².